The smallest absolute Gasteiger partial charge is 0.269 e. The summed E-state index contributed by atoms with van der Waals surface area (Å²) < 4.78 is 0. The van der Waals surface area contributed by atoms with Crippen LogP contribution in [-0.4, -0.2) is 10.5 Å². The van der Waals surface area contributed by atoms with E-state index in [2.05, 4.69) is 0 Å². The topological polar surface area (TPSA) is 69.2 Å². The van der Waals surface area contributed by atoms with Gasteiger partial charge in [0.1, 0.15) is 0 Å². The summed E-state index contributed by atoms with van der Waals surface area (Å²) in [5.74, 6) is 0. The molecule has 1 aromatic rings. The second kappa shape index (κ2) is 4.84. The van der Waals surface area contributed by atoms with Gasteiger partial charge in [0.05, 0.1) is 4.92 Å². The van der Waals surface area contributed by atoms with E-state index in [0.29, 0.717) is 0 Å². The number of nitro groups is 1. The maximum atomic E-state index is 10.5. The maximum absolute atomic E-state index is 10.5. The van der Waals surface area contributed by atoms with E-state index in [-0.39, 0.29) is 16.1 Å². The van der Waals surface area contributed by atoms with Crippen LogP contribution in [0.5, 0.6) is 0 Å². The normalized spacial score (nSPS) is 18.2. The molecule has 0 amide bonds. The summed E-state index contributed by atoms with van der Waals surface area (Å²) in [5, 5.41) is 10.5. The van der Waals surface area contributed by atoms with Crippen molar-refractivity contribution in [3.05, 3.63) is 39.9 Å². The molecule has 0 aliphatic heterocycles. The van der Waals surface area contributed by atoms with Gasteiger partial charge in [-0.2, -0.15) is 0 Å². The molecule has 0 aromatic heterocycles. The van der Waals surface area contributed by atoms with E-state index >= 15 is 0 Å². The number of hydrogen-bond donors (Lipinski definition) is 1. The van der Waals surface area contributed by atoms with Gasteiger partial charge in [0.25, 0.3) is 5.69 Å². The van der Waals surface area contributed by atoms with E-state index in [0.717, 1.165) is 31.2 Å². The summed E-state index contributed by atoms with van der Waals surface area (Å²) in [6, 6.07) is 6.78. The average molecular weight is 234 g/mol. The number of nitrogens with zero attached hydrogens (tertiary/aromatic N) is 1. The van der Waals surface area contributed by atoms with Gasteiger partial charge in [-0.3, -0.25) is 10.1 Å². The summed E-state index contributed by atoms with van der Waals surface area (Å²) >= 11 is 0. The molecule has 1 saturated carbocycles. The zero-order chi connectivity index (χ0) is 12.3. The molecule has 0 atom stereocenters. The predicted octanol–water partition coefficient (Wildman–Crippen LogP) is 2.80. The lowest BCUT2D eigenvalue weighted by atomic mass is 9.91. The van der Waals surface area contributed by atoms with Crippen LogP contribution in [0.3, 0.4) is 0 Å². The number of non-ortho nitro benzene ring substituents is 1. The lowest BCUT2D eigenvalue weighted by Crippen LogP contribution is -2.36. The third-order valence-electron chi connectivity index (χ3n) is 3.66. The summed E-state index contributed by atoms with van der Waals surface area (Å²) in [5.41, 5.74) is 7.56. The van der Waals surface area contributed by atoms with Crippen LogP contribution in [0.4, 0.5) is 5.69 Å². The highest BCUT2D eigenvalue weighted by molar-refractivity contribution is 5.33. The van der Waals surface area contributed by atoms with E-state index in [1.807, 2.05) is 12.1 Å². The molecule has 92 valence electrons. The first-order valence-electron chi connectivity index (χ1n) is 6.11. The first-order chi connectivity index (χ1) is 8.09. The number of nitro benzene ring substituents is 1. The Labute approximate surface area is 101 Å². The molecule has 4 nitrogen and oxygen atoms in total. The van der Waals surface area contributed by atoms with Crippen molar-refractivity contribution in [2.45, 2.75) is 44.1 Å². The molecule has 0 bridgehead atoms. The zero-order valence-electron chi connectivity index (χ0n) is 9.89. The highest BCUT2D eigenvalue weighted by Crippen LogP contribution is 2.31. The van der Waals surface area contributed by atoms with Crippen LogP contribution in [0, 0.1) is 10.1 Å². The minimum absolute atomic E-state index is 0.00176. The molecule has 0 unspecified atom stereocenters. The molecular formula is C13H18N2O2. The SMILES string of the molecule is NC1(CCc2ccc([N+](=O)[O-])cc2)CCCC1. The summed E-state index contributed by atoms with van der Waals surface area (Å²) in [6.07, 6.45) is 6.58. The third kappa shape index (κ3) is 3.03. The lowest BCUT2D eigenvalue weighted by molar-refractivity contribution is -0.384. The highest BCUT2D eigenvalue weighted by Gasteiger charge is 2.28. The molecule has 2 rings (SSSR count). The maximum Gasteiger partial charge on any atom is 0.269 e. The summed E-state index contributed by atoms with van der Waals surface area (Å²) in [7, 11) is 0. The van der Waals surface area contributed by atoms with Crippen LogP contribution >= 0.6 is 0 Å². The van der Waals surface area contributed by atoms with Crippen LogP contribution in [0.25, 0.3) is 0 Å². The fourth-order valence-corrected chi connectivity index (χ4v) is 2.51. The van der Waals surface area contributed by atoms with Gasteiger partial charge < -0.3 is 5.73 Å². The average Bonchev–Trinajstić information content (AvgIpc) is 2.75. The number of rotatable bonds is 4. The quantitative estimate of drug-likeness (QED) is 0.643. The van der Waals surface area contributed by atoms with Crippen molar-refractivity contribution in [1.82, 2.24) is 0 Å². The van der Waals surface area contributed by atoms with Gasteiger partial charge >= 0.3 is 0 Å². The fourth-order valence-electron chi connectivity index (χ4n) is 2.51. The van der Waals surface area contributed by atoms with Crippen molar-refractivity contribution in [1.29, 1.82) is 0 Å². The van der Waals surface area contributed by atoms with Crippen molar-refractivity contribution in [2.75, 3.05) is 0 Å². The van der Waals surface area contributed by atoms with E-state index in [1.54, 1.807) is 12.1 Å². The molecule has 0 saturated heterocycles. The second-order valence-corrected chi connectivity index (χ2v) is 4.99. The molecule has 1 fully saturated rings. The van der Waals surface area contributed by atoms with Gasteiger partial charge in [0.15, 0.2) is 0 Å². The van der Waals surface area contributed by atoms with Crippen LogP contribution < -0.4 is 5.73 Å². The van der Waals surface area contributed by atoms with E-state index in [9.17, 15) is 10.1 Å². The predicted molar refractivity (Wildman–Crippen MR) is 66.8 cm³/mol. The zero-order valence-corrected chi connectivity index (χ0v) is 9.89. The van der Waals surface area contributed by atoms with E-state index < -0.39 is 0 Å². The minimum Gasteiger partial charge on any atom is -0.325 e. The highest BCUT2D eigenvalue weighted by atomic mass is 16.6. The van der Waals surface area contributed by atoms with Crippen molar-refractivity contribution in [3.8, 4) is 0 Å². The molecule has 1 aromatic carbocycles. The van der Waals surface area contributed by atoms with E-state index in [1.165, 1.54) is 12.8 Å². The molecule has 17 heavy (non-hydrogen) atoms. The Hall–Kier alpha value is -1.42. The Morgan fingerprint density at radius 2 is 1.82 bits per heavy atom. The van der Waals surface area contributed by atoms with Crippen LogP contribution in [0.15, 0.2) is 24.3 Å². The Morgan fingerprint density at radius 3 is 2.35 bits per heavy atom. The van der Waals surface area contributed by atoms with Crippen molar-refractivity contribution in [3.63, 3.8) is 0 Å². The number of aryl methyl sites for hydroxylation is 1. The molecule has 0 radical (unpaired) electrons. The Morgan fingerprint density at radius 1 is 1.24 bits per heavy atom. The summed E-state index contributed by atoms with van der Waals surface area (Å²) in [6.45, 7) is 0. The molecule has 4 heteroatoms. The molecule has 0 heterocycles. The molecule has 1 aliphatic carbocycles. The summed E-state index contributed by atoms with van der Waals surface area (Å²) in [4.78, 5) is 10.1. The van der Waals surface area contributed by atoms with Crippen LogP contribution in [0.2, 0.25) is 0 Å². The van der Waals surface area contributed by atoms with Gasteiger partial charge in [0, 0.05) is 17.7 Å². The Balaban J connectivity index is 1.93. The lowest BCUT2D eigenvalue weighted by Gasteiger charge is -2.23. The van der Waals surface area contributed by atoms with Crippen LogP contribution in [0.1, 0.15) is 37.7 Å². The monoisotopic (exact) mass is 234 g/mol. The first-order valence-corrected chi connectivity index (χ1v) is 6.11. The van der Waals surface area contributed by atoms with Gasteiger partial charge in [-0.15, -0.1) is 0 Å². The molecule has 0 spiro atoms. The van der Waals surface area contributed by atoms with Gasteiger partial charge in [-0.1, -0.05) is 25.0 Å². The fraction of sp³-hybridized carbons (Fsp3) is 0.538. The number of nitrogens with two attached hydrogens (primary N) is 1. The number of hydrogen-bond acceptors (Lipinski definition) is 3. The Bertz CT molecular complexity index is 394. The molecular weight excluding hydrogens is 216 g/mol. The third-order valence-corrected chi connectivity index (χ3v) is 3.66. The number of benzene rings is 1. The first kappa shape index (κ1) is 12.0. The molecule has 1 aliphatic rings. The molecule has 2 N–H and O–H groups in total. The second-order valence-electron chi connectivity index (χ2n) is 4.99. The largest absolute Gasteiger partial charge is 0.325 e. The minimum atomic E-state index is -0.370. The van der Waals surface area contributed by atoms with Gasteiger partial charge in [-0.05, 0) is 31.2 Å². The van der Waals surface area contributed by atoms with Crippen molar-refractivity contribution in [2.24, 2.45) is 5.73 Å². The Kier molecular flexibility index (Phi) is 3.43. The van der Waals surface area contributed by atoms with Crippen LogP contribution in [-0.2, 0) is 6.42 Å². The van der Waals surface area contributed by atoms with Crippen molar-refractivity contribution >= 4 is 5.69 Å². The van der Waals surface area contributed by atoms with Crippen molar-refractivity contribution < 1.29 is 4.92 Å². The van der Waals surface area contributed by atoms with Gasteiger partial charge in [-0.25, -0.2) is 0 Å². The van der Waals surface area contributed by atoms with Gasteiger partial charge in [0.2, 0.25) is 0 Å². The standard InChI is InChI=1S/C13H18N2O2/c14-13(8-1-2-9-13)10-7-11-3-5-12(6-4-11)15(16)17/h3-6H,1-2,7-10,14H2. The van der Waals surface area contributed by atoms with E-state index in [4.69, 9.17) is 5.73 Å².